The van der Waals surface area contributed by atoms with Crippen molar-refractivity contribution in [3.63, 3.8) is 0 Å². The molecule has 0 aliphatic carbocycles. The number of rotatable bonds is 3. The fraction of sp³-hybridized carbons (Fsp3) is 0.500. The summed E-state index contributed by atoms with van der Waals surface area (Å²) in [6.07, 6.45) is 1.77. The smallest absolute Gasteiger partial charge is 0.227 e. The van der Waals surface area contributed by atoms with Gasteiger partial charge in [0.1, 0.15) is 0 Å². The molecular formula is C14H21ClN2O. The van der Waals surface area contributed by atoms with Crippen molar-refractivity contribution in [2.45, 2.75) is 19.8 Å². The van der Waals surface area contributed by atoms with Crippen LogP contribution in [0.2, 0.25) is 0 Å². The third-order valence-electron chi connectivity index (χ3n) is 3.39. The van der Waals surface area contributed by atoms with Crippen LogP contribution >= 0.6 is 12.4 Å². The maximum absolute atomic E-state index is 12.1. The molecule has 1 aliphatic rings. The number of nitrogens with one attached hydrogen (secondary N) is 1. The lowest BCUT2D eigenvalue weighted by molar-refractivity contribution is -0.119. The minimum Gasteiger partial charge on any atom is -0.316 e. The van der Waals surface area contributed by atoms with Crippen LogP contribution in [-0.2, 0) is 4.79 Å². The molecule has 2 rings (SSSR count). The highest BCUT2D eigenvalue weighted by molar-refractivity contribution is 5.93. The number of benzene rings is 1. The number of amides is 1. The van der Waals surface area contributed by atoms with E-state index in [1.807, 2.05) is 38.2 Å². The van der Waals surface area contributed by atoms with Gasteiger partial charge in [0.15, 0.2) is 0 Å². The molecule has 0 saturated carbocycles. The molecular weight excluding hydrogens is 248 g/mol. The highest BCUT2D eigenvalue weighted by atomic mass is 35.5. The number of carbonyl (C=O) groups is 1. The Morgan fingerprint density at radius 2 is 2.28 bits per heavy atom. The van der Waals surface area contributed by atoms with Gasteiger partial charge in [-0.05, 0) is 50.0 Å². The summed E-state index contributed by atoms with van der Waals surface area (Å²) in [5.41, 5.74) is 2.17. The van der Waals surface area contributed by atoms with Crippen molar-refractivity contribution < 1.29 is 4.79 Å². The van der Waals surface area contributed by atoms with Crippen LogP contribution in [-0.4, -0.2) is 26.0 Å². The number of aryl methyl sites for hydroxylation is 1. The van der Waals surface area contributed by atoms with E-state index in [1.165, 1.54) is 5.56 Å². The molecule has 0 spiro atoms. The van der Waals surface area contributed by atoms with Crippen LogP contribution < -0.4 is 10.2 Å². The van der Waals surface area contributed by atoms with Gasteiger partial charge in [0, 0.05) is 19.2 Å². The van der Waals surface area contributed by atoms with E-state index in [1.54, 1.807) is 4.90 Å². The lowest BCUT2D eigenvalue weighted by Crippen LogP contribution is -2.28. The first-order chi connectivity index (χ1) is 8.16. The molecule has 1 aliphatic heterocycles. The van der Waals surface area contributed by atoms with Crippen LogP contribution in [0.15, 0.2) is 24.3 Å². The largest absolute Gasteiger partial charge is 0.316 e. The van der Waals surface area contributed by atoms with Gasteiger partial charge in [-0.25, -0.2) is 0 Å². The predicted molar refractivity (Wildman–Crippen MR) is 77.4 cm³/mol. The van der Waals surface area contributed by atoms with Crippen LogP contribution in [0, 0.1) is 12.8 Å². The van der Waals surface area contributed by atoms with Crippen molar-refractivity contribution in [2.75, 3.05) is 25.0 Å². The predicted octanol–water partition coefficient (Wildman–Crippen LogP) is 2.38. The lowest BCUT2D eigenvalue weighted by Gasteiger charge is -2.19. The van der Waals surface area contributed by atoms with Crippen LogP contribution in [0.3, 0.4) is 0 Å². The Balaban J connectivity index is 0.00000162. The third kappa shape index (κ3) is 3.72. The van der Waals surface area contributed by atoms with Crippen molar-refractivity contribution in [1.82, 2.24) is 5.32 Å². The van der Waals surface area contributed by atoms with E-state index in [9.17, 15) is 4.79 Å². The van der Waals surface area contributed by atoms with Gasteiger partial charge in [0.2, 0.25) is 5.91 Å². The summed E-state index contributed by atoms with van der Waals surface area (Å²) < 4.78 is 0. The van der Waals surface area contributed by atoms with Crippen molar-refractivity contribution in [3.05, 3.63) is 29.8 Å². The van der Waals surface area contributed by atoms with Crippen LogP contribution in [0.5, 0.6) is 0 Å². The summed E-state index contributed by atoms with van der Waals surface area (Å²) in [6, 6.07) is 8.07. The van der Waals surface area contributed by atoms with E-state index in [0.717, 1.165) is 25.2 Å². The van der Waals surface area contributed by atoms with Gasteiger partial charge in [-0.3, -0.25) is 4.79 Å². The molecule has 0 radical (unpaired) electrons. The van der Waals surface area contributed by atoms with E-state index in [2.05, 4.69) is 5.32 Å². The number of hydrogen-bond acceptors (Lipinski definition) is 2. The molecule has 0 bridgehead atoms. The summed E-state index contributed by atoms with van der Waals surface area (Å²) >= 11 is 0. The summed E-state index contributed by atoms with van der Waals surface area (Å²) in [5.74, 6) is 0.721. The van der Waals surface area contributed by atoms with Gasteiger partial charge >= 0.3 is 0 Å². The molecule has 1 unspecified atom stereocenters. The Kier molecular flexibility index (Phi) is 5.63. The quantitative estimate of drug-likeness (QED) is 0.913. The van der Waals surface area contributed by atoms with Gasteiger partial charge in [0.05, 0.1) is 0 Å². The van der Waals surface area contributed by atoms with E-state index >= 15 is 0 Å². The highest BCUT2D eigenvalue weighted by Crippen LogP contribution is 2.18. The molecule has 18 heavy (non-hydrogen) atoms. The van der Waals surface area contributed by atoms with E-state index in [0.29, 0.717) is 12.3 Å². The van der Waals surface area contributed by atoms with E-state index in [4.69, 9.17) is 0 Å². The Morgan fingerprint density at radius 1 is 1.50 bits per heavy atom. The van der Waals surface area contributed by atoms with Gasteiger partial charge in [-0.1, -0.05) is 12.1 Å². The molecule has 100 valence electrons. The molecule has 3 nitrogen and oxygen atoms in total. The molecule has 0 aromatic heterocycles. The average Bonchev–Trinajstić information content (AvgIpc) is 2.80. The van der Waals surface area contributed by atoms with Gasteiger partial charge in [0.25, 0.3) is 0 Å². The van der Waals surface area contributed by atoms with Crippen molar-refractivity contribution in [1.29, 1.82) is 0 Å². The first kappa shape index (κ1) is 15.0. The second-order valence-electron chi connectivity index (χ2n) is 4.85. The Labute approximate surface area is 115 Å². The van der Waals surface area contributed by atoms with E-state index in [-0.39, 0.29) is 18.3 Å². The highest BCUT2D eigenvalue weighted by Gasteiger charge is 2.20. The van der Waals surface area contributed by atoms with Gasteiger partial charge in [-0.15, -0.1) is 12.4 Å². The van der Waals surface area contributed by atoms with Gasteiger partial charge in [-0.2, -0.15) is 0 Å². The fourth-order valence-electron chi connectivity index (χ4n) is 2.25. The van der Waals surface area contributed by atoms with Gasteiger partial charge < -0.3 is 10.2 Å². The molecule has 1 aromatic carbocycles. The van der Waals surface area contributed by atoms with Crippen molar-refractivity contribution in [3.8, 4) is 0 Å². The minimum absolute atomic E-state index is 0. The van der Waals surface area contributed by atoms with E-state index < -0.39 is 0 Å². The van der Waals surface area contributed by atoms with Crippen LogP contribution in [0.25, 0.3) is 0 Å². The Hall–Kier alpha value is -1.06. The normalized spacial score (nSPS) is 18.2. The molecule has 4 heteroatoms. The summed E-state index contributed by atoms with van der Waals surface area (Å²) in [6.45, 7) is 4.07. The molecule has 1 heterocycles. The fourth-order valence-corrected chi connectivity index (χ4v) is 2.25. The third-order valence-corrected chi connectivity index (χ3v) is 3.39. The van der Waals surface area contributed by atoms with Crippen molar-refractivity contribution in [2.24, 2.45) is 5.92 Å². The minimum atomic E-state index is 0. The summed E-state index contributed by atoms with van der Waals surface area (Å²) in [5, 5.41) is 3.29. The van der Waals surface area contributed by atoms with Crippen molar-refractivity contribution >= 4 is 24.0 Å². The topological polar surface area (TPSA) is 32.3 Å². The number of nitrogens with zero attached hydrogens (tertiary/aromatic N) is 1. The maximum atomic E-state index is 12.1. The van der Waals surface area contributed by atoms with Crippen LogP contribution in [0.4, 0.5) is 5.69 Å². The molecule has 1 atom stereocenters. The number of anilines is 1. The SMILES string of the molecule is Cc1cccc(N(C)C(=O)CC2CCNC2)c1.Cl. The summed E-state index contributed by atoms with van der Waals surface area (Å²) in [7, 11) is 1.86. The lowest BCUT2D eigenvalue weighted by atomic mass is 10.0. The second-order valence-corrected chi connectivity index (χ2v) is 4.85. The maximum Gasteiger partial charge on any atom is 0.227 e. The Bertz CT molecular complexity index is 403. The number of hydrogen-bond donors (Lipinski definition) is 1. The molecule has 1 fully saturated rings. The zero-order valence-corrected chi connectivity index (χ0v) is 11.8. The number of carbonyl (C=O) groups excluding carboxylic acids is 1. The standard InChI is InChI=1S/C14H20N2O.ClH/c1-11-4-3-5-13(8-11)16(2)14(17)9-12-6-7-15-10-12;/h3-5,8,12,15H,6-7,9-10H2,1-2H3;1H. The monoisotopic (exact) mass is 268 g/mol. The first-order valence-corrected chi connectivity index (χ1v) is 6.21. The van der Waals surface area contributed by atoms with Crippen LogP contribution in [0.1, 0.15) is 18.4 Å². The molecule has 1 aromatic rings. The summed E-state index contributed by atoms with van der Waals surface area (Å²) in [4.78, 5) is 13.9. The molecule has 1 N–H and O–H groups in total. The second kappa shape index (κ2) is 6.76. The number of halogens is 1. The molecule has 1 amide bonds. The molecule has 1 saturated heterocycles. The average molecular weight is 269 g/mol. The Morgan fingerprint density at radius 3 is 2.89 bits per heavy atom. The zero-order chi connectivity index (χ0) is 12.3. The first-order valence-electron chi connectivity index (χ1n) is 6.21. The zero-order valence-electron chi connectivity index (χ0n) is 11.0.